The average Bonchev–Trinajstić information content (AvgIpc) is 3.07. The van der Waals surface area contributed by atoms with Crippen molar-refractivity contribution in [2.24, 2.45) is 0 Å². The number of aromatic nitrogens is 1. The van der Waals surface area contributed by atoms with E-state index in [2.05, 4.69) is 10.3 Å². The Morgan fingerprint density at radius 2 is 2.04 bits per heavy atom. The lowest BCUT2D eigenvalue weighted by Crippen LogP contribution is -2.35. The summed E-state index contributed by atoms with van der Waals surface area (Å²) in [7, 11) is -2.25. The van der Waals surface area contributed by atoms with Crippen molar-refractivity contribution in [3.8, 4) is 0 Å². The van der Waals surface area contributed by atoms with E-state index in [0.29, 0.717) is 29.7 Å². The Kier molecular flexibility index (Phi) is 6.21. The molecule has 0 unspecified atom stereocenters. The second kappa shape index (κ2) is 8.46. The number of methoxy groups -OCH3 is 1. The SMILES string of the molecule is COC(=O)N1CCc2nc(NC(=O)CCS(=O)(=O)c3ccc(Cl)cc3)sc2C1. The molecule has 8 nitrogen and oxygen atoms in total. The first-order valence-corrected chi connectivity index (χ1v) is 11.2. The number of amides is 2. The van der Waals surface area contributed by atoms with Gasteiger partial charge >= 0.3 is 6.09 Å². The summed E-state index contributed by atoms with van der Waals surface area (Å²) in [4.78, 5) is 30.7. The molecule has 0 saturated carbocycles. The largest absolute Gasteiger partial charge is 0.453 e. The molecule has 3 rings (SSSR count). The van der Waals surface area contributed by atoms with Gasteiger partial charge in [-0.25, -0.2) is 18.2 Å². The third kappa shape index (κ3) is 4.81. The number of ether oxygens (including phenoxy) is 1. The van der Waals surface area contributed by atoms with Gasteiger partial charge in [-0.3, -0.25) is 4.79 Å². The molecule has 0 spiro atoms. The number of hydrogen-bond donors (Lipinski definition) is 1. The molecule has 1 aromatic heterocycles. The predicted octanol–water partition coefficient (Wildman–Crippen LogP) is 2.72. The van der Waals surface area contributed by atoms with Crippen molar-refractivity contribution in [1.29, 1.82) is 0 Å². The van der Waals surface area contributed by atoms with Gasteiger partial charge in [0.05, 0.1) is 30.0 Å². The lowest BCUT2D eigenvalue weighted by molar-refractivity contribution is -0.115. The van der Waals surface area contributed by atoms with E-state index in [9.17, 15) is 18.0 Å². The van der Waals surface area contributed by atoms with Crippen LogP contribution in [0, 0.1) is 0 Å². The maximum atomic E-state index is 12.3. The fourth-order valence-electron chi connectivity index (χ4n) is 2.70. The number of carbonyl (C=O) groups is 2. The number of sulfone groups is 1. The van der Waals surface area contributed by atoms with E-state index in [4.69, 9.17) is 16.3 Å². The molecule has 1 N–H and O–H groups in total. The molecule has 0 aliphatic carbocycles. The lowest BCUT2D eigenvalue weighted by atomic mass is 10.2. The molecule has 2 heterocycles. The molecule has 0 saturated heterocycles. The predicted molar refractivity (Wildman–Crippen MR) is 105 cm³/mol. The molecular weight excluding hydrogens is 426 g/mol. The van der Waals surface area contributed by atoms with Gasteiger partial charge in [0.2, 0.25) is 5.91 Å². The molecule has 1 aromatic carbocycles. The van der Waals surface area contributed by atoms with Gasteiger partial charge in [-0.1, -0.05) is 22.9 Å². The van der Waals surface area contributed by atoms with Crippen molar-refractivity contribution in [3.63, 3.8) is 0 Å². The minimum atomic E-state index is -3.58. The molecule has 0 atom stereocenters. The Morgan fingerprint density at radius 3 is 2.71 bits per heavy atom. The topological polar surface area (TPSA) is 106 Å². The molecular formula is C17H18ClN3O5S2. The van der Waals surface area contributed by atoms with E-state index in [1.54, 1.807) is 4.90 Å². The first-order valence-electron chi connectivity index (χ1n) is 8.38. The Hall–Kier alpha value is -2.17. The van der Waals surface area contributed by atoms with Gasteiger partial charge < -0.3 is 15.0 Å². The molecule has 1 aliphatic rings. The minimum Gasteiger partial charge on any atom is -0.453 e. The summed E-state index contributed by atoms with van der Waals surface area (Å²) in [5.41, 5.74) is 0.828. The molecule has 0 fully saturated rings. The van der Waals surface area contributed by atoms with Crippen LogP contribution in [-0.2, 0) is 32.3 Å². The fourth-order valence-corrected chi connectivity index (χ4v) is 5.11. The molecule has 11 heteroatoms. The van der Waals surface area contributed by atoms with Crippen LogP contribution in [0.15, 0.2) is 29.2 Å². The lowest BCUT2D eigenvalue weighted by Gasteiger charge is -2.24. The van der Waals surface area contributed by atoms with Gasteiger partial charge in [-0.2, -0.15) is 0 Å². The number of carbonyl (C=O) groups excluding carboxylic acids is 2. The van der Waals surface area contributed by atoms with Crippen LogP contribution in [0.2, 0.25) is 5.02 Å². The van der Waals surface area contributed by atoms with Crippen molar-refractivity contribution in [2.75, 3.05) is 24.7 Å². The minimum absolute atomic E-state index is 0.123. The summed E-state index contributed by atoms with van der Waals surface area (Å²) in [6.45, 7) is 0.872. The summed E-state index contributed by atoms with van der Waals surface area (Å²) >= 11 is 7.03. The Balaban J connectivity index is 1.58. The highest BCUT2D eigenvalue weighted by molar-refractivity contribution is 7.91. The van der Waals surface area contributed by atoms with E-state index < -0.39 is 21.8 Å². The van der Waals surface area contributed by atoms with Gasteiger partial charge in [0.1, 0.15) is 0 Å². The van der Waals surface area contributed by atoms with E-state index in [-0.39, 0.29) is 17.1 Å². The third-order valence-corrected chi connectivity index (χ3v) is 7.16. The van der Waals surface area contributed by atoms with Crippen molar-refractivity contribution < 1.29 is 22.7 Å². The summed E-state index contributed by atoms with van der Waals surface area (Å²) in [5, 5.41) is 3.47. The quantitative estimate of drug-likeness (QED) is 0.761. The highest BCUT2D eigenvalue weighted by atomic mass is 35.5. The van der Waals surface area contributed by atoms with Crippen LogP contribution in [0.25, 0.3) is 0 Å². The van der Waals surface area contributed by atoms with Crippen molar-refractivity contribution >= 4 is 49.9 Å². The number of thiazole rings is 1. The van der Waals surface area contributed by atoms with Gasteiger partial charge in [0.25, 0.3) is 0 Å². The normalized spacial score (nSPS) is 13.7. The molecule has 150 valence electrons. The van der Waals surface area contributed by atoms with Gasteiger partial charge in [0.15, 0.2) is 15.0 Å². The summed E-state index contributed by atoms with van der Waals surface area (Å²) in [6, 6.07) is 5.81. The number of rotatable bonds is 5. The Bertz CT molecular complexity index is 989. The van der Waals surface area contributed by atoms with E-state index in [1.807, 2.05) is 0 Å². The van der Waals surface area contributed by atoms with Crippen LogP contribution in [0.5, 0.6) is 0 Å². The van der Waals surface area contributed by atoms with Crippen LogP contribution in [0.1, 0.15) is 17.0 Å². The number of benzene rings is 1. The smallest absolute Gasteiger partial charge is 0.409 e. The van der Waals surface area contributed by atoms with Crippen LogP contribution in [-0.4, -0.2) is 49.7 Å². The monoisotopic (exact) mass is 443 g/mol. The zero-order chi connectivity index (χ0) is 20.3. The molecule has 0 bridgehead atoms. The molecule has 28 heavy (non-hydrogen) atoms. The van der Waals surface area contributed by atoms with Crippen LogP contribution >= 0.6 is 22.9 Å². The number of nitrogens with one attached hydrogen (secondary N) is 1. The number of hydrogen-bond acceptors (Lipinski definition) is 7. The maximum absolute atomic E-state index is 12.3. The third-order valence-electron chi connectivity index (χ3n) is 4.18. The molecule has 0 radical (unpaired) electrons. The molecule has 2 amide bonds. The van der Waals surface area contributed by atoms with E-state index in [1.165, 1.54) is 42.7 Å². The number of fused-ring (bicyclic) bond motifs is 1. The summed E-state index contributed by atoms with van der Waals surface area (Å²) in [5.74, 6) is -0.754. The fraction of sp³-hybridized carbons (Fsp3) is 0.353. The highest BCUT2D eigenvalue weighted by Crippen LogP contribution is 2.28. The van der Waals surface area contributed by atoms with Crippen LogP contribution in [0.3, 0.4) is 0 Å². The molecule has 1 aliphatic heterocycles. The first-order chi connectivity index (χ1) is 13.3. The average molecular weight is 444 g/mol. The zero-order valence-electron chi connectivity index (χ0n) is 15.0. The van der Waals surface area contributed by atoms with Gasteiger partial charge in [-0.05, 0) is 24.3 Å². The summed E-state index contributed by atoms with van der Waals surface area (Å²) in [6.07, 6.45) is -0.0253. The Morgan fingerprint density at radius 1 is 1.32 bits per heavy atom. The summed E-state index contributed by atoms with van der Waals surface area (Å²) < 4.78 is 29.3. The Labute approximate surface area is 171 Å². The number of nitrogens with zero attached hydrogens (tertiary/aromatic N) is 2. The number of anilines is 1. The van der Waals surface area contributed by atoms with Crippen molar-refractivity contribution in [1.82, 2.24) is 9.88 Å². The van der Waals surface area contributed by atoms with E-state index in [0.717, 1.165) is 10.6 Å². The van der Waals surface area contributed by atoms with E-state index >= 15 is 0 Å². The standard InChI is InChI=1S/C17H18ClN3O5S2/c1-26-17(23)21-8-6-13-14(10-21)27-16(19-13)20-15(22)7-9-28(24,25)12-4-2-11(18)3-5-12/h2-5H,6-10H2,1H3,(H,19,20,22). The van der Waals surface area contributed by atoms with Crippen molar-refractivity contribution in [3.05, 3.63) is 39.9 Å². The van der Waals surface area contributed by atoms with Crippen LogP contribution < -0.4 is 5.32 Å². The van der Waals surface area contributed by atoms with Crippen molar-refractivity contribution in [2.45, 2.75) is 24.3 Å². The highest BCUT2D eigenvalue weighted by Gasteiger charge is 2.25. The second-order valence-corrected chi connectivity index (χ2v) is 9.73. The number of halogens is 1. The van der Waals surface area contributed by atoms with Gasteiger partial charge in [-0.15, -0.1) is 0 Å². The first kappa shape index (κ1) is 20.6. The molecule has 2 aromatic rings. The van der Waals surface area contributed by atoms with Crippen LogP contribution in [0.4, 0.5) is 9.93 Å². The maximum Gasteiger partial charge on any atom is 0.409 e. The second-order valence-electron chi connectivity index (χ2n) is 6.10. The zero-order valence-corrected chi connectivity index (χ0v) is 17.4. The van der Waals surface area contributed by atoms with Gasteiger partial charge in [0, 0.05) is 29.3 Å².